The number of halogens is 1. The molecule has 0 radical (unpaired) electrons. The lowest BCUT2D eigenvalue weighted by atomic mass is 9.82. The lowest BCUT2D eigenvalue weighted by Gasteiger charge is -2.33. The summed E-state index contributed by atoms with van der Waals surface area (Å²) in [4.78, 5) is 0. The normalized spacial score (nSPS) is 18.7. The van der Waals surface area contributed by atoms with Crippen molar-refractivity contribution >= 4 is 17.4 Å². The molecular formula is C13H20ClN3O. The van der Waals surface area contributed by atoms with E-state index in [0.29, 0.717) is 5.15 Å². The fraction of sp³-hybridized carbons (Fsp3) is 0.692. The van der Waals surface area contributed by atoms with Crippen LogP contribution in [0.5, 0.6) is 0 Å². The first-order valence-corrected chi connectivity index (χ1v) is 6.71. The third-order valence-electron chi connectivity index (χ3n) is 3.85. The molecule has 4 nitrogen and oxygen atoms in total. The van der Waals surface area contributed by atoms with E-state index < -0.39 is 0 Å². The SMILES string of the molecule is Cc1c(Cl)nnc(NCC2(C)CCOCC2)c1C. The van der Waals surface area contributed by atoms with Gasteiger partial charge in [-0.3, -0.25) is 0 Å². The van der Waals surface area contributed by atoms with E-state index in [-0.39, 0.29) is 5.41 Å². The second-order valence-corrected chi connectivity index (χ2v) is 5.72. The van der Waals surface area contributed by atoms with Crippen LogP contribution in [0.2, 0.25) is 5.15 Å². The molecule has 100 valence electrons. The molecule has 0 unspecified atom stereocenters. The highest BCUT2D eigenvalue weighted by atomic mass is 35.5. The van der Waals surface area contributed by atoms with Crippen molar-refractivity contribution in [1.82, 2.24) is 10.2 Å². The Hall–Kier alpha value is -0.870. The smallest absolute Gasteiger partial charge is 0.155 e. The van der Waals surface area contributed by atoms with Crippen molar-refractivity contribution in [3.63, 3.8) is 0 Å². The topological polar surface area (TPSA) is 47.0 Å². The molecule has 0 bridgehead atoms. The van der Waals surface area contributed by atoms with Gasteiger partial charge in [-0.05, 0) is 43.2 Å². The minimum Gasteiger partial charge on any atom is -0.381 e. The summed E-state index contributed by atoms with van der Waals surface area (Å²) in [6.07, 6.45) is 2.16. The highest BCUT2D eigenvalue weighted by Crippen LogP contribution is 2.30. The molecule has 1 N–H and O–H groups in total. The molecule has 1 saturated heterocycles. The Morgan fingerprint density at radius 2 is 1.89 bits per heavy atom. The van der Waals surface area contributed by atoms with Crippen molar-refractivity contribution in [2.24, 2.45) is 5.41 Å². The van der Waals surface area contributed by atoms with Gasteiger partial charge in [0.15, 0.2) is 11.0 Å². The van der Waals surface area contributed by atoms with Gasteiger partial charge in [-0.2, -0.15) is 0 Å². The fourth-order valence-electron chi connectivity index (χ4n) is 2.08. The van der Waals surface area contributed by atoms with Crippen LogP contribution in [-0.4, -0.2) is 30.0 Å². The minimum atomic E-state index is 0.278. The number of hydrogen-bond acceptors (Lipinski definition) is 4. The highest BCUT2D eigenvalue weighted by molar-refractivity contribution is 6.30. The van der Waals surface area contributed by atoms with E-state index in [1.165, 1.54) is 0 Å². The maximum absolute atomic E-state index is 5.94. The molecule has 5 heteroatoms. The molecule has 0 aromatic carbocycles. The fourth-order valence-corrected chi connectivity index (χ4v) is 2.26. The molecule has 0 spiro atoms. The number of aromatic nitrogens is 2. The van der Waals surface area contributed by atoms with Crippen LogP contribution in [0.3, 0.4) is 0 Å². The molecule has 0 amide bonds. The molecular weight excluding hydrogens is 250 g/mol. The first kappa shape index (κ1) is 13.6. The van der Waals surface area contributed by atoms with E-state index in [9.17, 15) is 0 Å². The maximum Gasteiger partial charge on any atom is 0.155 e. The summed E-state index contributed by atoms with van der Waals surface area (Å²) < 4.78 is 5.40. The Balaban J connectivity index is 2.04. The Kier molecular flexibility index (Phi) is 4.07. The second kappa shape index (κ2) is 5.41. The lowest BCUT2D eigenvalue weighted by Crippen LogP contribution is -2.33. The van der Waals surface area contributed by atoms with Gasteiger partial charge < -0.3 is 10.1 Å². The molecule has 1 aromatic rings. The molecule has 1 aromatic heterocycles. The van der Waals surface area contributed by atoms with Gasteiger partial charge in [-0.1, -0.05) is 18.5 Å². The average molecular weight is 270 g/mol. The van der Waals surface area contributed by atoms with Gasteiger partial charge in [0.25, 0.3) is 0 Å². The van der Waals surface area contributed by atoms with Crippen LogP contribution >= 0.6 is 11.6 Å². The van der Waals surface area contributed by atoms with Crippen molar-refractivity contribution < 1.29 is 4.74 Å². The number of rotatable bonds is 3. The Morgan fingerprint density at radius 1 is 1.22 bits per heavy atom. The molecule has 1 aliphatic heterocycles. The van der Waals surface area contributed by atoms with Gasteiger partial charge in [0.2, 0.25) is 0 Å². The molecule has 18 heavy (non-hydrogen) atoms. The Labute approximate surface area is 113 Å². The zero-order valence-corrected chi connectivity index (χ0v) is 12.0. The Morgan fingerprint density at radius 3 is 2.56 bits per heavy atom. The van der Waals surface area contributed by atoms with Crippen LogP contribution in [0.1, 0.15) is 30.9 Å². The summed E-state index contributed by atoms with van der Waals surface area (Å²) in [6.45, 7) is 8.87. The van der Waals surface area contributed by atoms with Crippen molar-refractivity contribution in [2.75, 3.05) is 25.1 Å². The summed E-state index contributed by atoms with van der Waals surface area (Å²) in [7, 11) is 0. The molecule has 1 aliphatic rings. The Bertz CT molecular complexity index is 430. The van der Waals surface area contributed by atoms with Crippen LogP contribution in [0.4, 0.5) is 5.82 Å². The summed E-state index contributed by atoms with van der Waals surface area (Å²) in [6, 6.07) is 0. The quantitative estimate of drug-likeness (QED) is 0.916. The summed E-state index contributed by atoms with van der Waals surface area (Å²) in [5.41, 5.74) is 2.34. The number of nitrogens with one attached hydrogen (secondary N) is 1. The van der Waals surface area contributed by atoms with Gasteiger partial charge >= 0.3 is 0 Å². The van der Waals surface area contributed by atoms with Crippen LogP contribution in [-0.2, 0) is 4.74 Å². The van der Waals surface area contributed by atoms with Crippen molar-refractivity contribution in [1.29, 1.82) is 0 Å². The summed E-state index contributed by atoms with van der Waals surface area (Å²) in [5.74, 6) is 0.838. The molecule has 2 rings (SSSR count). The first-order chi connectivity index (χ1) is 8.52. The van der Waals surface area contributed by atoms with E-state index >= 15 is 0 Å². The summed E-state index contributed by atoms with van der Waals surface area (Å²) >= 11 is 5.94. The van der Waals surface area contributed by atoms with Gasteiger partial charge in [-0.15, -0.1) is 10.2 Å². The first-order valence-electron chi connectivity index (χ1n) is 6.33. The lowest BCUT2D eigenvalue weighted by molar-refractivity contribution is 0.0299. The third-order valence-corrected chi connectivity index (χ3v) is 4.21. The molecule has 2 heterocycles. The van der Waals surface area contributed by atoms with Crippen LogP contribution in [0.25, 0.3) is 0 Å². The van der Waals surface area contributed by atoms with Crippen molar-refractivity contribution in [3.8, 4) is 0 Å². The van der Waals surface area contributed by atoms with Gasteiger partial charge in [0.05, 0.1) is 0 Å². The van der Waals surface area contributed by atoms with E-state index in [1.807, 2.05) is 13.8 Å². The molecule has 1 fully saturated rings. The largest absolute Gasteiger partial charge is 0.381 e. The number of hydrogen-bond donors (Lipinski definition) is 1. The van der Waals surface area contributed by atoms with Crippen LogP contribution in [0, 0.1) is 19.3 Å². The standard InChI is InChI=1S/C13H20ClN3O/c1-9-10(2)12(17-16-11(9)14)15-8-13(3)4-6-18-7-5-13/h4-8H2,1-3H3,(H,15,17). The predicted octanol–water partition coefficient (Wildman–Crippen LogP) is 2.98. The second-order valence-electron chi connectivity index (χ2n) is 5.37. The van der Waals surface area contributed by atoms with Gasteiger partial charge in [0, 0.05) is 19.8 Å². The monoisotopic (exact) mass is 269 g/mol. The van der Waals surface area contributed by atoms with Crippen molar-refractivity contribution in [2.45, 2.75) is 33.6 Å². The van der Waals surface area contributed by atoms with Gasteiger partial charge in [-0.25, -0.2) is 0 Å². The maximum atomic E-state index is 5.94. The van der Waals surface area contributed by atoms with Gasteiger partial charge in [0.1, 0.15) is 0 Å². The van der Waals surface area contributed by atoms with E-state index in [2.05, 4.69) is 22.4 Å². The number of nitrogens with zero attached hydrogens (tertiary/aromatic N) is 2. The highest BCUT2D eigenvalue weighted by Gasteiger charge is 2.27. The zero-order valence-electron chi connectivity index (χ0n) is 11.2. The van der Waals surface area contributed by atoms with E-state index in [0.717, 1.165) is 49.5 Å². The molecule has 0 aliphatic carbocycles. The number of ether oxygens (including phenoxy) is 1. The average Bonchev–Trinajstić information content (AvgIpc) is 2.36. The minimum absolute atomic E-state index is 0.278. The molecule has 0 atom stereocenters. The summed E-state index contributed by atoms with van der Waals surface area (Å²) in [5, 5.41) is 12.0. The predicted molar refractivity (Wildman–Crippen MR) is 73.2 cm³/mol. The zero-order chi connectivity index (χ0) is 13.2. The third kappa shape index (κ3) is 2.93. The number of anilines is 1. The van der Waals surface area contributed by atoms with E-state index in [1.54, 1.807) is 0 Å². The van der Waals surface area contributed by atoms with Crippen LogP contribution in [0.15, 0.2) is 0 Å². The molecule has 0 saturated carbocycles. The van der Waals surface area contributed by atoms with Crippen LogP contribution < -0.4 is 5.32 Å². The van der Waals surface area contributed by atoms with E-state index in [4.69, 9.17) is 16.3 Å². The van der Waals surface area contributed by atoms with Crippen molar-refractivity contribution in [3.05, 3.63) is 16.3 Å².